The third-order valence-corrected chi connectivity index (χ3v) is 4.25. The number of rotatable bonds is 5. The van der Waals surface area contributed by atoms with Crippen molar-refractivity contribution < 1.29 is 32.0 Å². The molecule has 2 aromatic rings. The first-order valence-electron chi connectivity index (χ1n) is 6.11. The fraction of sp³-hybridized carbons (Fsp3) is 0. The van der Waals surface area contributed by atoms with Gasteiger partial charge in [0, 0.05) is 6.07 Å². The van der Waals surface area contributed by atoms with Gasteiger partial charge < -0.3 is 5.11 Å². The molecule has 0 aliphatic heterocycles. The van der Waals surface area contributed by atoms with Gasteiger partial charge in [0.25, 0.3) is 10.0 Å². The molecular weight excluding hydrogens is 350 g/mol. The molecule has 0 aromatic heterocycles. The summed E-state index contributed by atoms with van der Waals surface area (Å²) in [5.41, 5.74) is -2.12. The summed E-state index contributed by atoms with van der Waals surface area (Å²) < 4.78 is 52.8. The number of nitro groups is 1. The summed E-state index contributed by atoms with van der Waals surface area (Å²) in [5, 5.41) is 19.4. The van der Waals surface area contributed by atoms with Crippen LogP contribution in [-0.2, 0) is 10.0 Å². The summed E-state index contributed by atoms with van der Waals surface area (Å²) in [6.45, 7) is 0. The molecule has 2 N–H and O–H groups in total. The lowest BCUT2D eigenvalue weighted by Gasteiger charge is -2.09. The molecule has 0 spiro atoms. The van der Waals surface area contributed by atoms with Crippen LogP contribution in [0.2, 0.25) is 0 Å². The largest absolute Gasteiger partial charge is 0.478 e. The summed E-state index contributed by atoms with van der Waals surface area (Å²) in [5.74, 6) is -3.95. The molecule has 2 aromatic carbocycles. The minimum Gasteiger partial charge on any atom is -0.478 e. The number of hydrogen-bond acceptors (Lipinski definition) is 5. The lowest BCUT2D eigenvalue weighted by atomic mass is 10.2. The Bertz CT molecular complexity index is 945. The molecule has 0 saturated heterocycles. The molecule has 0 aliphatic rings. The summed E-state index contributed by atoms with van der Waals surface area (Å²) in [4.78, 5) is 19.9. The number of carbonyl (C=O) groups is 1. The van der Waals surface area contributed by atoms with Crippen LogP contribution < -0.4 is 4.72 Å². The summed E-state index contributed by atoms with van der Waals surface area (Å²) in [7, 11) is -4.37. The van der Waals surface area contributed by atoms with Crippen molar-refractivity contribution in [3.05, 3.63) is 63.7 Å². The SMILES string of the molecule is O=C(O)c1cc(S(=O)(=O)Nc2ccc(F)c([N+](=O)[O-])c2)ccc1F. The van der Waals surface area contributed by atoms with E-state index in [0.29, 0.717) is 24.3 Å². The molecule has 11 heteroatoms. The van der Waals surface area contributed by atoms with E-state index in [1.54, 1.807) is 0 Å². The molecule has 2 rings (SSSR count). The lowest BCUT2D eigenvalue weighted by Crippen LogP contribution is -2.14. The average molecular weight is 358 g/mol. The van der Waals surface area contributed by atoms with Crippen LogP contribution in [0.15, 0.2) is 41.3 Å². The van der Waals surface area contributed by atoms with E-state index in [4.69, 9.17) is 5.11 Å². The van der Waals surface area contributed by atoms with E-state index in [-0.39, 0.29) is 5.69 Å². The highest BCUT2D eigenvalue weighted by Gasteiger charge is 2.21. The topological polar surface area (TPSA) is 127 Å². The molecule has 24 heavy (non-hydrogen) atoms. The number of hydrogen-bond donors (Lipinski definition) is 2. The van der Waals surface area contributed by atoms with E-state index in [1.807, 2.05) is 4.72 Å². The Kier molecular flexibility index (Phi) is 4.46. The van der Waals surface area contributed by atoms with E-state index in [1.165, 1.54) is 0 Å². The van der Waals surface area contributed by atoms with Crippen molar-refractivity contribution in [1.82, 2.24) is 0 Å². The van der Waals surface area contributed by atoms with Gasteiger partial charge in [0.05, 0.1) is 21.1 Å². The number of sulfonamides is 1. The van der Waals surface area contributed by atoms with Crippen LogP contribution in [0.5, 0.6) is 0 Å². The number of halogens is 2. The maximum atomic E-state index is 13.3. The standard InChI is InChI=1S/C13H8F2N2O6S/c14-10-4-2-8(6-9(10)13(18)19)24(22,23)16-7-1-3-11(15)12(5-7)17(20)21/h1-6,16H,(H,18,19). The molecule has 0 atom stereocenters. The van der Waals surface area contributed by atoms with Crippen molar-refractivity contribution in [1.29, 1.82) is 0 Å². The zero-order valence-corrected chi connectivity index (χ0v) is 12.4. The van der Waals surface area contributed by atoms with Gasteiger partial charge in [-0.05, 0) is 30.3 Å². The minimum absolute atomic E-state index is 0.315. The fourth-order valence-corrected chi connectivity index (χ4v) is 2.84. The Labute approximate surface area is 133 Å². The van der Waals surface area contributed by atoms with Gasteiger partial charge in [-0.25, -0.2) is 17.6 Å². The molecule has 0 unspecified atom stereocenters. The number of carboxylic acids is 1. The smallest absolute Gasteiger partial charge is 0.338 e. The van der Waals surface area contributed by atoms with Gasteiger partial charge >= 0.3 is 11.7 Å². The Balaban J connectivity index is 2.42. The van der Waals surface area contributed by atoms with Crippen LogP contribution >= 0.6 is 0 Å². The van der Waals surface area contributed by atoms with Crippen LogP contribution in [0.25, 0.3) is 0 Å². The number of benzene rings is 2. The van der Waals surface area contributed by atoms with Crippen molar-refractivity contribution in [2.45, 2.75) is 4.90 Å². The molecule has 126 valence electrons. The highest BCUT2D eigenvalue weighted by Crippen LogP contribution is 2.24. The number of nitrogens with one attached hydrogen (secondary N) is 1. The number of anilines is 1. The van der Waals surface area contributed by atoms with E-state index in [0.717, 1.165) is 12.1 Å². The first-order chi connectivity index (χ1) is 11.1. The second-order valence-electron chi connectivity index (χ2n) is 4.48. The lowest BCUT2D eigenvalue weighted by molar-refractivity contribution is -0.387. The monoisotopic (exact) mass is 358 g/mol. The van der Waals surface area contributed by atoms with Crippen molar-refractivity contribution in [3.8, 4) is 0 Å². The first-order valence-corrected chi connectivity index (χ1v) is 7.60. The second-order valence-corrected chi connectivity index (χ2v) is 6.16. The van der Waals surface area contributed by atoms with Crippen molar-refractivity contribution >= 4 is 27.4 Å². The second kappa shape index (κ2) is 6.20. The predicted octanol–water partition coefficient (Wildman–Crippen LogP) is 2.37. The van der Waals surface area contributed by atoms with Crippen molar-refractivity contribution in [2.24, 2.45) is 0 Å². The molecule has 0 heterocycles. The van der Waals surface area contributed by atoms with Crippen LogP contribution in [0.3, 0.4) is 0 Å². The highest BCUT2D eigenvalue weighted by molar-refractivity contribution is 7.92. The quantitative estimate of drug-likeness (QED) is 0.624. The molecule has 0 aliphatic carbocycles. The summed E-state index contributed by atoms with van der Waals surface area (Å²) in [6.07, 6.45) is 0. The third-order valence-electron chi connectivity index (χ3n) is 2.87. The minimum atomic E-state index is -4.37. The normalized spacial score (nSPS) is 11.1. The van der Waals surface area contributed by atoms with E-state index >= 15 is 0 Å². The van der Waals surface area contributed by atoms with E-state index in [9.17, 15) is 32.1 Å². The van der Waals surface area contributed by atoms with Crippen molar-refractivity contribution in [2.75, 3.05) is 4.72 Å². The Morgan fingerprint density at radius 1 is 1.12 bits per heavy atom. The zero-order valence-electron chi connectivity index (χ0n) is 11.6. The number of nitro benzene ring substituents is 1. The van der Waals surface area contributed by atoms with Crippen LogP contribution in [0.4, 0.5) is 20.2 Å². The maximum Gasteiger partial charge on any atom is 0.338 e. The highest BCUT2D eigenvalue weighted by atomic mass is 32.2. The number of nitrogens with zero attached hydrogens (tertiary/aromatic N) is 1. The summed E-state index contributed by atoms with van der Waals surface area (Å²) in [6, 6.07) is 4.38. The summed E-state index contributed by atoms with van der Waals surface area (Å²) >= 11 is 0. The third kappa shape index (κ3) is 3.46. The Morgan fingerprint density at radius 3 is 2.33 bits per heavy atom. The van der Waals surface area contributed by atoms with Crippen LogP contribution in [0, 0.1) is 21.7 Å². The first kappa shape index (κ1) is 17.3. The Morgan fingerprint density at radius 2 is 1.75 bits per heavy atom. The molecule has 0 bridgehead atoms. The molecule has 0 fully saturated rings. The van der Waals surface area contributed by atoms with E-state index in [2.05, 4.69) is 0 Å². The average Bonchev–Trinajstić information content (AvgIpc) is 2.48. The van der Waals surface area contributed by atoms with Crippen LogP contribution in [-0.4, -0.2) is 24.4 Å². The van der Waals surface area contributed by atoms with Gasteiger partial charge in [-0.1, -0.05) is 0 Å². The van der Waals surface area contributed by atoms with Gasteiger partial charge in [-0.2, -0.15) is 4.39 Å². The van der Waals surface area contributed by atoms with E-state index < -0.39 is 48.7 Å². The van der Waals surface area contributed by atoms with Gasteiger partial charge in [-0.3, -0.25) is 14.8 Å². The van der Waals surface area contributed by atoms with Gasteiger partial charge in [0.2, 0.25) is 5.82 Å². The van der Waals surface area contributed by atoms with Crippen molar-refractivity contribution in [3.63, 3.8) is 0 Å². The predicted molar refractivity (Wildman–Crippen MR) is 77.2 cm³/mol. The van der Waals surface area contributed by atoms with Gasteiger partial charge in [0.1, 0.15) is 5.82 Å². The Hall–Kier alpha value is -3.08. The number of carboxylic acid groups (broad SMARTS) is 1. The molecule has 0 radical (unpaired) electrons. The molecule has 0 saturated carbocycles. The molecular formula is C13H8F2N2O6S. The number of aromatic carboxylic acids is 1. The molecule has 0 amide bonds. The zero-order chi connectivity index (χ0) is 18.1. The maximum absolute atomic E-state index is 13.3. The van der Waals surface area contributed by atoms with Gasteiger partial charge in [-0.15, -0.1) is 0 Å². The fourth-order valence-electron chi connectivity index (χ4n) is 1.77. The molecule has 8 nitrogen and oxygen atoms in total. The van der Waals surface area contributed by atoms with Crippen LogP contribution in [0.1, 0.15) is 10.4 Å². The van der Waals surface area contributed by atoms with Gasteiger partial charge in [0.15, 0.2) is 0 Å².